The molecule has 2 nitrogen and oxygen atoms in total. The molecule has 0 N–H and O–H groups in total. The van der Waals surface area contributed by atoms with Crippen molar-refractivity contribution < 1.29 is 41.1 Å². The second-order valence-electron chi connectivity index (χ2n) is 8.76. The van der Waals surface area contributed by atoms with Gasteiger partial charge in [0, 0.05) is 33.5 Å². The van der Waals surface area contributed by atoms with Crippen molar-refractivity contribution in [1.82, 2.24) is 4.57 Å². The zero-order chi connectivity index (χ0) is 55.4. The Bertz CT molecular complexity index is 3800. The predicted molar refractivity (Wildman–Crippen MR) is 186 cm³/mol. The lowest BCUT2D eigenvalue weighted by Crippen LogP contribution is -2.09. The molecule has 0 atom stereocenters. The third-order valence-corrected chi connectivity index (χ3v) is 6.25. The van der Waals surface area contributed by atoms with Gasteiger partial charge in [0.05, 0.1) is 52.2 Å². The first-order valence-electron chi connectivity index (χ1n) is 27.6. The molecule has 8 aromatic rings. The number of anilines is 3. The second-order valence-corrected chi connectivity index (χ2v) is 8.76. The van der Waals surface area contributed by atoms with Gasteiger partial charge < -0.3 is 9.47 Å². The van der Waals surface area contributed by atoms with Crippen molar-refractivity contribution in [2.75, 3.05) is 4.90 Å². The molecule has 0 radical (unpaired) electrons. The normalized spacial score (nSPS) is 20.7. The highest BCUT2D eigenvalue weighted by molar-refractivity contribution is 6.10. The van der Waals surface area contributed by atoms with Crippen LogP contribution >= 0.6 is 0 Å². The standard InChI is InChI=1S/C42H30N2/c1-4-13-31(14-5-1)32-23-26-37(27-24-32)43(35-16-6-2-7-17-35)38-20-12-15-33(29-38)34-25-28-42-40(30-34)39-21-10-11-22-41(39)44(42)36-18-8-3-9-19-36/h1-30H/i1D,2D,3D,4D,5D,6D,7D,8D,9D,10D,11D,12D,13D,14D,15D,16D,17D,18D,19D,20D,21D,22D,23D,24D,25D,26D,27D,28D,29D,30D. The van der Waals surface area contributed by atoms with Crippen molar-refractivity contribution in [3.63, 3.8) is 0 Å². The number of fused-ring (bicyclic) bond motifs is 3. The molecule has 0 saturated carbocycles. The molecule has 44 heavy (non-hydrogen) atoms. The summed E-state index contributed by atoms with van der Waals surface area (Å²) in [5, 5.41) is -1.30. The fourth-order valence-electron chi connectivity index (χ4n) is 4.40. The molecular formula is C42H30N2. The highest BCUT2D eigenvalue weighted by Crippen LogP contribution is 2.39. The molecule has 2 heteroatoms. The molecule has 7 aromatic carbocycles. The molecule has 0 fully saturated rings. The molecule has 1 aromatic heterocycles. The van der Waals surface area contributed by atoms with Crippen molar-refractivity contribution in [3.05, 3.63) is 181 Å². The zero-order valence-corrected chi connectivity index (χ0v) is 21.9. The van der Waals surface area contributed by atoms with Crippen LogP contribution in [0.1, 0.15) is 41.1 Å². The van der Waals surface area contributed by atoms with E-state index in [1.807, 2.05) is 0 Å². The van der Waals surface area contributed by atoms with Crippen LogP contribution in [0.4, 0.5) is 17.1 Å². The van der Waals surface area contributed by atoms with E-state index in [1.54, 1.807) is 0 Å². The Labute approximate surface area is 299 Å². The maximum Gasteiger partial charge on any atom is 0.0651 e. The smallest absolute Gasteiger partial charge is 0.0651 e. The topological polar surface area (TPSA) is 8.17 Å². The molecule has 8 rings (SSSR count). The second kappa shape index (κ2) is 11.1. The van der Waals surface area contributed by atoms with E-state index in [0.29, 0.717) is 9.47 Å². The fourth-order valence-corrected chi connectivity index (χ4v) is 4.40. The van der Waals surface area contributed by atoms with E-state index in [9.17, 15) is 9.60 Å². The fraction of sp³-hybridized carbons (Fsp3) is 0. The molecule has 0 bridgehead atoms. The maximum atomic E-state index is 9.76. The van der Waals surface area contributed by atoms with Gasteiger partial charge in [-0.1, -0.05) is 115 Å². The lowest BCUT2D eigenvalue weighted by Gasteiger charge is -2.26. The van der Waals surface area contributed by atoms with Gasteiger partial charge in [-0.15, -0.1) is 0 Å². The minimum atomic E-state index is -1.27. The Morgan fingerprint density at radius 3 is 1.66 bits per heavy atom. The summed E-state index contributed by atoms with van der Waals surface area (Å²) < 4.78 is 266. The third-order valence-electron chi connectivity index (χ3n) is 6.25. The van der Waals surface area contributed by atoms with Gasteiger partial charge >= 0.3 is 0 Å². The largest absolute Gasteiger partial charge is 0.310 e. The summed E-state index contributed by atoms with van der Waals surface area (Å²) in [4.78, 5) is 0.312. The van der Waals surface area contributed by atoms with Gasteiger partial charge in [-0.25, -0.2) is 0 Å². The van der Waals surface area contributed by atoms with E-state index in [2.05, 4.69) is 0 Å². The van der Waals surface area contributed by atoms with Crippen LogP contribution in [-0.2, 0) is 0 Å². The molecule has 0 spiro atoms. The van der Waals surface area contributed by atoms with E-state index < -0.39 is 248 Å². The van der Waals surface area contributed by atoms with Crippen LogP contribution in [0.2, 0.25) is 0 Å². The van der Waals surface area contributed by atoms with Crippen LogP contribution in [0.25, 0.3) is 49.7 Å². The van der Waals surface area contributed by atoms with Crippen LogP contribution in [-0.4, -0.2) is 4.57 Å². The van der Waals surface area contributed by atoms with Gasteiger partial charge in [0.1, 0.15) is 0 Å². The van der Waals surface area contributed by atoms with Gasteiger partial charge in [-0.05, 0) is 88.7 Å². The molecule has 0 aliphatic heterocycles. The Balaban J connectivity index is 1.59. The Kier molecular flexibility index (Phi) is 2.35. The Morgan fingerprint density at radius 1 is 0.364 bits per heavy atom. The molecular weight excluding hydrogens is 532 g/mol. The summed E-state index contributed by atoms with van der Waals surface area (Å²) in [6.07, 6.45) is 0. The average molecular weight is 593 g/mol. The molecule has 0 aliphatic carbocycles. The van der Waals surface area contributed by atoms with Crippen LogP contribution in [0.3, 0.4) is 0 Å². The number of hydrogen-bond acceptors (Lipinski definition) is 1. The number of benzene rings is 7. The monoisotopic (exact) mass is 592 g/mol. The van der Waals surface area contributed by atoms with E-state index in [0.717, 1.165) is 0 Å². The van der Waals surface area contributed by atoms with Gasteiger partial charge in [-0.2, -0.15) is 0 Å². The summed E-state index contributed by atoms with van der Waals surface area (Å²) in [7, 11) is 0. The van der Waals surface area contributed by atoms with Gasteiger partial charge in [0.25, 0.3) is 0 Å². The van der Waals surface area contributed by atoms with E-state index in [-0.39, 0.29) is 0 Å². The van der Waals surface area contributed by atoms with Crippen LogP contribution in [0, 0.1) is 0 Å². The SMILES string of the molecule is [2H]c1c([2H])c([2H])c(-c2c([2H])c([2H])c(N(c3c([2H])c([2H])c([2H])c([2H])c3[2H])c3c([2H])c([2H])c([2H])c(-c4c([2H])c([2H])c5c(c4[2H])c4c([2H])c([2H])c([2H])c([2H])c4n5-c4c([2H])c([2H])c([2H])c([2H])c4[2H])c3[2H])c([2H])c2[2H])c([2H])c1[2H]. The van der Waals surface area contributed by atoms with Gasteiger partial charge in [0.15, 0.2) is 0 Å². The van der Waals surface area contributed by atoms with E-state index >= 15 is 0 Å². The summed E-state index contributed by atoms with van der Waals surface area (Å²) in [6, 6.07) is -31.4. The Morgan fingerprint density at radius 2 is 0.886 bits per heavy atom. The van der Waals surface area contributed by atoms with Crippen molar-refractivity contribution in [1.29, 1.82) is 0 Å². The summed E-state index contributed by atoms with van der Waals surface area (Å²) in [5.74, 6) is 0. The molecule has 0 amide bonds. The lowest BCUT2D eigenvalue weighted by atomic mass is 10.0. The van der Waals surface area contributed by atoms with Crippen molar-refractivity contribution >= 4 is 38.9 Å². The molecule has 208 valence electrons. The highest BCUT2D eigenvalue weighted by Gasteiger charge is 2.16. The zero-order valence-electron chi connectivity index (χ0n) is 51.9. The summed E-state index contributed by atoms with van der Waals surface area (Å²) >= 11 is 0. The first-order chi connectivity index (χ1) is 34.3. The number of nitrogens with zero attached hydrogens (tertiary/aromatic N) is 2. The Hall–Kier alpha value is -5.86. The lowest BCUT2D eigenvalue weighted by molar-refractivity contribution is 1.18. The highest BCUT2D eigenvalue weighted by atomic mass is 15.1. The van der Waals surface area contributed by atoms with Gasteiger partial charge in [0.2, 0.25) is 0 Å². The van der Waals surface area contributed by atoms with Crippen LogP contribution in [0.5, 0.6) is 0 Å². The van der Waals surface area contributed by atoms with Crippen molar-refractivity contribution in [2.45, 2.75) is 0 Å². The quantitative estimate of drug-likeness (QED) is 0.186. The van der Waals surface area contributed by atoms with Crippen molar-refractivity contribution in [2.24, 2.45) is 0 Å². The first kappa shape index (κ1) is 9.32. The molecule has 1 heterocycles. The number of aromatic nitrogens is 1. The first-order valence-corrected chi connectivity index (χ1v) is 12.6. The maximum absolute atomic E-state index is 9.76. The number of para-hydroxylation sites is 3. The predicted octanol–water partition coefficient (Wildman–Crippen LogP) is 11.6. The molecule has 0 aliphatic rings. The summed E-state index contributed by atoms with van der Waals surface area (Å²) in [5.41, 5.74) is -9.19. The minimum absolute atomic E-state index is 0.312. The van der Waals surface area contributed by atoms with E-state index in [1.165, 1.54) is 0 Å². The number of rotatable bonds is 6. The van der Waals surface area contributed by atoms with Gasteiger partial charge in [-0.3, -0.25) is 0 Å². The molecule has 0 unspecified atom stereocenters. The van der Waals surface area contributed by atoms with Crippen LogP contribution < -0.4 is 4.90 Å². The molecule has 0 saturated heterocycles. The average Bonchev–Trinajstić information content (AvgIpc) is 3.72. The number of hydrogen-bond donors (Lipinski definition) is 0. The summed E-state index contributed by atoms with van der Waals surface area (Å²) in [6.45, 7) is 0. The van der Waals surface area contributed by atoms with E-state index in [4.69, 9.17) is 31.5 Å². The van der Waals surface area contributed by atoms with Crippen molar-refractivity contribution in [3.8, 4) is 27.9 Å². The van der Waals surface area contributed by atoms with Crippen LogP contribution in [0.15, 0.2) is 181 Å². The minimum Gasteiger partial charge on any atom is -0.310 e. The third kappa shape index (κ3) is 4.63.